The van der Waals surface area contributed by atoms with Gasteiger partial charge in [0.2, 0.25) is 0 Å². The van der Waals surface area contributed by atoms with Crippen molar-refractivity contribution < 1.29 is 0 Å². The molecular weight excluding hydrogens is 200 g/mol. The van der Waals surface area contributed by atoms with Gasteiger partial charge in [0.25, 0.3) is 0 Å². The van der Waals surface area contributed by atoms with E-state index in [9.17, 15) is 0 Å². The molecule has 1 aromatic heterocycles. The smallest absolute Gasteiger partial charge is 0.150 e. The second-order valence-corrected chi connectivity index (χ2v) is 4.78. The first-order chi connectivity index (χ1) is 7.83. The van der Waals surface area contributed by atoms with Crippen LogP contribution in [0.4, 0.5) is 0 Å². The minimum atomic E-state index is 0.0504. The number of nitrogens with two attached hydrogens (primary N) is 1. The average Bonchev–Trinajstić information content (AvgIpc) is 2.79. The monoisotopic (exact) mass is 222 g/mol. The minimum absolute atomic E-state index is 0.0504. The van der Waals surface area contributed by atoms with E-state index in [0.717, 1.165) is 18.7 Å². The second-order valence-electron chi connectivity index (χ2n) is 4.78. The number of rotatable bonds is 4. The van der Waals surface area contributed by atoms with Gasteiger partial charge in [0, 0.05) is 6.04 Å². The Bertz CT molecular complexity index is 315. The summed E-state index contributed by atoms with van der Waals surface area (Å²) in [7, 11) is 0. The molecule has 90 valence electrons. The van der Waals surface area contributed by atoms with Gasteiger partial charge in [-0.05, 0) is 19.3 Å². The Labute approximate surface area is 97.2 Å². The van der Waals surface area contributed by atoms with Crippen molar-refractivity contribution in [1.29, 1.82) is 0 Å². The quantitative estimate of drug-likeness (QED) is 0.851. The van der Waals surface area contributed by atoms with E-state index < -0.39 is 0 Å². The number of hydrogen-bond donors (Lipinski definition) is 1. The fourth-order valence-electron chi connectivity index (χ4n) is 2.60. The van der Waals surface area contributed by atoms with Crippen molar-refractivity contribution in [2.75, 3.05) is 0 Å². The summed E-state index contributed by atoms with van der Waals surface area (Å²) >= 11 is 0. The van der Waals surface area contributed by atoms with Crippen LogP contribution in [0.25, 0.3) is 0 Å². The van der Waals surface area contributed by atoms with Gasteiger partial charge in [0.1, 0.15) is 12.2 Å². The molecule has 0 amide bonds. The SMILES string of the molecule is CCC[C@@H](N)c1nncn1C1CCCCC1. The summed E-state index contributed by atoms with van der Waals surface area (Å²) in [5, 5.41) is 8.23. The van der Waals surface area contributed by atoms with Gasteiger partial charge in [-0.15, -0.1) is 10.2 Å². The Morgan fingerprint density at radius 2 is 2.19 bits per heavy atom. The Morgan fingerprint density at radius 3 is 2.88 bits per heavy atom. The van der Waals surface area contributed by atoms with Crippen LogP contribution in [-0.4, -0.2) is 14.8 Å². The molecular formula is C12H22N4. The van der Waals surface area contributed by atoms with Crippen molar-refractivity contribution in [1.82, 2.24) is 14.8 Å². The van der Waals surface area contributed by atoms with Crippen molar-refractivity contribution >= 4 is 0 Å². The van der Waals surface area contributed by atoms with E-state index in [2.05, 4.69) is 21.7 Å². The van der Waals surface area contributed by atoms with Crippen molar-refractivity contribution in [2.45, 2.75) is 64.0 Å². The molecule has 2 N–H and O–H groups in total. The van der Waals surface area contributed by atoms with Crippen LogP contribution >= 0.6 is 0 Å². The predicted octanol–water partition coefficient (Wildman–Crippen LogP) is 2.58. The third kappa shape index (κ3) is 2.43. The van der Waals surface area contributed by atoms with Crippen LogP contribution in [0.5, 0.6) is 0 Å². The second kappa shape index (κ2) is 5.43. The number of nitrogens with zero attached hydrogens (tertiary/aromatic N) is 3. The third-order valence-corrected chi connectivity index (χ3v) is 3.50. The molecule has 0 bridgehead atoms. The van der Waals surface area contributed by atoms with Gasteiger partial charge in [-0.25, -0.2) is 0 Å². The van der Waals surface area contributed by atoms with Crippen molar-refractivity contribution in [3.05, 3.63) is 12.2 Å². The summed E-state index contributed by atoms with van der Waals surface area (Å²) < 4.78 is 2.22. The van der Waals surface area contributed by atoms with E-state index in [1.54, 1.807) is 0 Å². The van der Waals surface area contributed by atoms with Gasteiger partial charge >= 0.3 is 0 Å². The number of aromatic nitrogens is 3. The highest BCUT2D eigenvalue weighted by molar-refractivity contribution is 4.96. The maximum Gasteiger partial charge on any atom is 0.150 e. The lowest BCUT2D eigenvalue weighted by Crippen LogP contribution is -2.21. The number of hydrogen-bond acceptors (Lipinski definition) is 3. The fraction of sp³-hybridized carbons (Fsp3) is 0.833. The maximum atomic E-state index is 6.13. The Hall–Kier alpha value is -0.900. The van der Waals surface area contributed by atoms with Crippen LogP contribution in [0.3, 0.4) is 0 Å². The molecule has 1 fully saturated rings. The zero-order valence-electron chi connectivity index (χ0n) is 10.1. The van der Waals surface area contributed by atoms with Gasteiger partial charge < -0.3 is 10.3 Å². The molecule has 16 heavy (non-hydrogen) atoms. The first-order valence-corrected chi connectivity index (χ1v) is 6.48. The molecule has 4 nitrogen and oxygen atoms in total. The van der Waals surface area contributed by atoms with Crippen molar-refractivity contribution in [3.8, 4) is 0 Å². The van der Waals surface area contributed by atoms with Crippen LogP contribution < -0.4 is 5.73 Å². The molecule has 0 unspecified atom stereocenters. The van der Waals surface area contributed by atoms with E-state index in [1.165, 1.54) is 32.1 Å². The van der Waals surface area contributed by atoms with Crippen LogP contribution in [0.15, 0.2) is 6.33 Å². The van der Waals surface area contributed by atoms with Crippen LogP contribution in [0.2, 0.25) is 0 Å². The van der Waals surface area contributed by atoms with E-state index >= 15 is 0 Å². The molecule has 2 rings (SSSR count). The highest BCUT2D eigenvalue weighted by atomic mass is 15.3. The van der Waals surface area contributed by atoms with Crippen LogP contribution in [0.1, 0.15) is 69.8 Å². The standard InChI is InChI=1S/C12H22N4/c1-2-6-11(13)12-15-14-9-16(12)10-7-4-3-5-8-10/h9-11H,2-8,13H2,1H3/t11-/m1/s1. The van der Waals surface area contributed by atoms with E-state index in [0.29, 0.717) is 6.04 Å². The lowest BCUT2D eigenvalue weighted by molar-refractivity contribution is 0.338. The summed E-state index contributed by atoms with van der Waals surface area (Å²) in [5.41, 5.74) is 6.13. The van der Waals surface area contributed by atoms with Gasteiger partial charge in [0.15, 0.2) is 0 Å². The topological polar surface area (TPSA) is 56.7 Å². The lowest BCUT2D eigenvalue weighted by atomic mass is 9.95. The summed E-state index contributed by atoms with van der Waals surface area (Å²) in [4.78, 5) is 0. The van der Waals surface area contributed by atoms with Gasteiger partial charge in [-0.1, -0.05) is 32.6 Å². The molecule has 1 aliphatic rings. The predicted molar refractivity (Wildman–Crippen MR) is 64.0 cm³/mol. The molecule has 1 heterocycles. The molecule has 1 atom stereocenters. The normalized spacial score (nSPS) is 19.9. The van der Waals surface area contributed by atoms with Crippen molar-refractivity contribution in [3.63, 3.8) is 0 Å². The van der Waals surface area contributed by atoms with Crippen LogP contribution in [0, 0.1) is 0 Å². The Balaban J connectivity index is 2.11. The molecule has 1 aliphatic carbocycles. The molecule has 1 aromatic rings. The van der Waals surface area contributed by atoms with Crippen LogP contribution in [-0.2, 0) is 0 Å². The summed E-state index contributed by atoms with van der Waals surface area (Å²) in [6.45, 7) is 2.15. The molecule has 0 saturated heterocycles. The molecule has 1 saturated carbocycles. The fourth-order valence-corrected chi connectivity index (χ4v) is 2.60. The van der Waals surface area contributed by atoms with Gasteiger partial charge in [-0.3, -0.25) is 0 Å². The largest absolute Gasteiger partial charge is 0.321 e. The Morgan fingerprint density at radius 1 is 1.44 bits per heavy atom. The van der Waals surface area contributed by atoms with E-state index in [-0.39, 0.29) is 6.04 Å². The summed E-state index contributed by atoms with van der Waals surface area (Å²) in [6, 6.07) is 0.635. The van der Waals surface area contributed by atoms with Gasteiger partial charge in [-0.2, -0.15) is 0 Å². The molecule has 0 aromatic carbocycles. The zero-order valence-corrected chi connectivity index (χ0v) is 10.1. The summed E-state index contributed by atoms with van der Waals surface area (Å²) in [6.07, 6.45) is 10.5. The molecule has 4 heteroatoms. The van der Waals surface area contributed by atoms with E-state index in [4.69, 9.17) is 5.73 Å². The highest BCUT2D eigenvalue weighted by Gasteiger charge is 2.21. The summed E-state index contributed by atoms with van der Waals surface area (Å²) in [5.74, 6) is 0.980. The van der Waals surface area contributed by atoms with E-state index in [1.807, 2.05) is 6.33 Å². The zero-order chi connectivity index (χ0) is 11.4. The highest BCUT2D eigenvalue weighted by Crippen LogP contribution is 2.30. The molecule has 0 spiro atoms. The molecule has 0 radical (unpaired) electrons. The van der Waals surface area contributed by atoms with Crippen molar-refractivity contribution in [2.24, 2.45) is 5.73 Å². The first-order valence-electron chi connectivity index (χ1n) is 6.48. The first kappa shape index (κ1) is 11.6. The Kier molecular flexibility index (Phi) is 3.93. The lowest BCUT2D eigenvalue weighted by Gasteiger charge is -2.25. The maximum absolute atomic E-state index is 6.13. The molecule has 0 aliphatic heterocycles. The average molecular weight is 222 g/mol. The van der Waals surface area contributed by atoms with Gasteiger partial charge in [0.05, 0.1) is 6.04 Å². The third-order valence-electron chi connectivity index (χ3n) is 3.50. The minimum Gasteiger partial charge on any atom is -0.321 e.